The summed E-state index contributed by atoms with van der Waals surface area (Å²) in [5, 5.41) is 0. The summed E-state index contributed by atoms with van der Waals surface area (Å²) in [7, 11) is 0. The molecule has 0 aromatic rings. The molecule has 0 N–H and O–H groups in total. The van der Waals surface area contributed by atoms with Crippen LogP contribution < -0.4 is 0 Å². The third-order valence-electron chi connectivity index (χ3n) is 7.75. The van der Waals surface area contributed by atoms with Gasteiger partial charge in [-0.1, -0.05) is 12.2 Å². The van der Waals surface area contributed by atoms with Gasteiger partial charge in [-0.3, -0.25) is 9.59 Å². The maximum Gasteiger partial charge on any atom is 0.140 e. The highest BCUT2D eigenvalue weighted by molar-refractivity contribution is 5.99. The molecule has 0 aliphatic heterocycles. The Morgan fingerprint density at radius 1 is 0.905 bits per heavy atom. The van der Waals surface area contributed by atoms with Crippen LogP contribution in [-0.4, -0.2) is 11.6 Å². The fraction of sp³-hybridized carbons (Fsp3) is 0.684. The van der Waals surface area contributed by atoms with E-state index in [1.54, 1.807) is 0 Å². The van der Waals surface area contributed by atoms with Crippen molar-refractivity contribution >= 4 is 11.6 Å². The second kappa shape index (κ2) is 3.59. The molecule has 0 aromatic heterocycles. The Morgan fingerprint density at radius 3 is 1.67 bits per heavy atom. The monoisotopic (exact) mass is 282 g/mol. The van der Waals surface area contributed by atoms with Crippen LogP contribution in [0.2, 0.25) is 0 Å². The molecule has 21 heavy (non-hydrogen) atoms. The SMILES string of the molecule is C=CCC1C(=O)C2C3C(=O)C(CC=C)C4C1C2C1(CC1)C34. The highest BCUT2D eigenvalue weighted by Gasteiger charge is 2.84. The molecule has 0 aromatic carbocycles. The molecule has 5 rings (SSSR count). The van der Waals surface area contributed by atoms with E-state index in [4.69, 9.17) is 0 Å². The van der Waals surface area contributed by atoms with Crippen molar-refractivity contribution in [3.8, 4) is 0 Å². The summed E-state index contributed by atoms with van der Waals surface area (Å²) < 4.78 is 0. The minimum absolute atomic E-state index is 0.0750. The lowest BCUT2D eigenvalue weighted by atomic mass is 9.74. The van der Waals surface area contributed by atoms with Crippen LogP contribution in [0.4, 0.5) is 0 Å². The molecule has 2 bridgehead atoms. The Balaban J connectivity index is 1.67. The zero-order chi connectivity index (χ0) is 14.5. The first-order chi connectivity index (χ1) is 10.2. The zero-order valence-electron chi connectivity index (χ0n) is 12.3. The summed E-state index contributed by atoms with van der Waals surface area (Å²) in [4.78, 5) is 25.8. The van der Waals surface area contributed by atoms with Crippen LogP contribution in [0.15, 0.2) is 25.3 Å². The van der Waals surface area contributed by atoms with Gasteiger partial charge in [0.2, 0.25) is 0 Å². The van der Waals surface area contributed by atoms with Gasteiger partial charge in [-0.2, -0.15) is 0 Å². The first-order valence-corrected chi connectivity index (χ1v) is 8.46. The lowest BCUT2D eigenvalue weighted by Gasteiger charge is -2.28. The number of allylic oxidation sites excluding steroid dienone is 2. The smallest absolute Gasteiger partial charge is 0.140 e. The number of ketones is 2. The zero-order valence-corrected chi connectivity index (χ0v) is 12.3. The molecule has 8 atom stereocenters. The molecule has 0 heterocycles. The van der Waals surface area contributed by atoms with Gasteiger partial charge in [-0.05, 0) is 54.8 Å². The Morgan fingerprint density at radius 2 is 1.33 bits per heavy atom. The van der Waals surface area contributed by atoms with Crippen molar-refractivity contribution in [2.75, 3.05) is 0 Å². The molecule has 2 nitrogen and oxygen atoms in total. The number of fused-ring (bicyclic) bond motifs is 2. The van der Waals surface area contributed by atoms with E-state index in [0.717, 1.165) is 12.8 Å². The van der Waals surface area contributed by atoms with Crippen LogP contribution >= 0.6 is 0 Å². The Labute approximate surface area is 125 Å². The fourth-order valence-electron chi connectivity index (χ4n) is 7.44. The Kier molecular flexibility index (Phi) is 2.11. The van der Waals surface area contributed by atoms with Gasteiger partial charge in [0.05, 0.1) is 0 Å². The molecule has 2 heteroatoms. The largest absolute Gasteiger partial charge is 0.299 e. The summed E-state index contributed by atoms with van der Waals surface area (Å²) in [5.74, 6) is 3.32. The molecule has 5 aliphatic carbocycles. The van der Waals surface area contributed by atoms with E-state index in [1.807, 2.05) is 12.2 Å². The van der Waals surface area contributed by atoms with Gasteiger partial charge in [0, 0.05) is 23.7 Å². The molecule has 5 fully saturated rings. The number of Topliss-reactive ketones (excluding diaryl/α,β-unsaturated/α-hetero) is 2. The van der Waals surface area contributed by atoms with Gasteiger partial charge in [-0.25, -0.2) is 0 Å². The molecule has 0 amide bonds. The standard InChI is InChI=1S/C19H22O2/c1-3-5-9-11-12-10(6-4-2)18(21)14-13(17(9)20)15(11)19(7-8-19)16(12)14/h3-4,9-16H,1-2,5-8H2. The van der Waals surface area contributed by atoms with Crippen molar-refractivity contribution in [2.24, 2.45) is 52.8 Å². The predicted molar refractivity (Wildman–Crippen MR) is 79.2 cm³/mol. The van der Waals surface area contributed by atoms with Crippen LogP contribution in [0, 0.1) is 52.8 Å². The summed E-state index contributed by atoms with van der Waals surface area (Å²) in [6, 6.07) is 0. The van der Waals surface area contributed by atoms with Crippen molar-refractivity contribution in [1.29, 1.82) is 0 Å². The quantitative estimate of drug-likeness (QED) is 0.743. The highest BCUT2D eigenvalue weighted by atomic mass is 16.1. The average Bonchev–Trinajstić information content (AvgIpc) is 3.04. The van der Waals surface area contributed by atoms with Gasteiger partial charge in [-0.15, -0.1) is 13.2 Å². The van der Waals surface area contributed by atoms with Crippen molar-refractivity contribution in [2.45, 2.75) is 25.7 Å². The van der Waals surface area contributed by atoms with Crippen molar-refractivity contribution in [3.05, 3.63) is 25.3 Å². The topological polar surface area (TPSA) is 34.1 Å². The van der Waals surface area contributed by atoms with Crippen LogP contribution in [0.5, 0.6) is 0 Å². The molecular formula is C19H22O2. The molecule has 1 spiro atoms. The Bertz CT molecular complexity index is 536. The average molecular weight is 282 g/mol. The molecular weight excluding hydrogens is 260 g/mol. The van der Waals surface area contributed by atoms with Gasteiger partial charge in [0.25, 0.3) is 0 Å². The number of hydrogen-bond donors (Lipinski definition) is 0. The van der Waals surface area contributed by atoms with Gasteiger partial charge in [0.15, 0.2) is 0 Å². The van der Waals surface area contributed by atoms with Crippen LogP contribution in [0.25, 0.3) is 0 Å². The lowest BCUT2D eigenvalue weighted by Crippen LogP contribution is -2.28. The van der Waals surface area contributed by atoms with E-state index in [0.29, 0.717) is 40.7 Å². The third-order valence-corrected chi connectivity index (χ3v) is 7.75. The van der Waals surface area contributed by atoms with E-state index < -0.39 is 0 Å². The summed E-state index contributed by atoms with van der Waals surface area (Å²) in [6.45, 7) is 7.72. The molecule has 110 valence electrons. The number of carbonyl (C=O) groups is 2. The molecule has 5 aliphatic rings. The van der Waals surface area contributed by atoms with E-state index in [9.17, 15) is 9.59 Å². The first kappa shape index (κ1) is 12.4. The summed E-state index contributed by atoms with van der Waals surface area (Å²) >= 11 is 0. The van der Waals surface area contributed by atoms with Gasteiger partial charge >= 0.3 is 0 Å². The molecule has 8 unspecified atom stereocenters. The number of rotatable bonds is 4. The second-order valence-electron chi connectivity index (χ2n) is 8.06. The maximum absolute atomic E-state index is 12.9. The summed E-state index contributed by atoms with van der Waals surface area (Å²) in [6.07, 6.45) is 8.00. The first-order valence-electron chi connectivity index (χ1n) is 8.46. The van der Waals surface area contributed by atoms with Crippen LogP contribution in [0.3, 0.4) is 0 Å². The number of carbonyl (C=O) groups excluding carboxylic acids is 2. The van der Waals surface area contributed by atoms with E-state index in [-0.39, 0.29) is 23.7 Å². The summed E-state index contributed by atoms with van der Waals surface area (Å²) in [5.41, 5.74) is 0.391. The van der Waals surface area contributed by atoms with Gasteiger partial charge < -0.3 is 0 Å². The predicted octanol–water partition coefficient (Wildman–Crippen LogP) is 3.04. The van der Waals surface area contributed by atoms with Crippen molar-refractivity contribution in [1.82, 2.24) is 0 Å². The van der Waals surface area contributed by atoms with Crippen molar-refractivity contribution < 1.29 is 9.59 Å². The molecule has 0 radical (unpaired) electrons. The fourth-order valence-corrected chi connectivity index (χ4v) is 7.44. The normalized spacial score (nSPS) is 53.7. The lowest BCUT2D eigenvalue weighted by molar-refractivity contribution is -0.132. The van der Waals surface area contributed by atoms with E-state index in [2.05, 4.69) is 13.2 Å². The van der Waals surface area contributed by atoms with Crippen LogP contribution in [-0.2, 0) is 9.59 Å². The minimum atomic E-state index is 0.0750. The van der Waals surface area contributed by atoms with E-state index >= 15 is 0 Å². The van der Waals surface area contributed by atoms with Crippen molar-refractivity contribution in [3.63, 3.8) is 0 Å². The van der Waals surface area contributed by atoms with Crippen LogP contribution in [0.1, 0.15) is 25.7 Å². The maximum atomic E-state index is 12.9. The highest BCUT2D eigenvalue weighted by Crippen LogP contribution is 2.85. The molecule has 5 saturated carbocycles. The third kappa shape index (κ3) is 1.09. The number of hydrogen-bond acceptors (Lipinski definition) is 2. The molecule has 0 saturated heterocycles. The van der Waals surface area contributed by atoms with Gasteiger partial charge in [0.1, 0.15) is 11.6 Å². The minimum Gasteiger partial charge on any atom is -0.299 e. The second-order valence-corrected chi connectivity index (χ2v) is 8.06. The Hall–Kier alpha value is -1.18. The van der Waals surface area contributed by atoms with E-state index in [1.165, 1.54) is 12.8 Å².